The van der Waals surface area contributed by atoms with Crippen LogP contribution >= 0.6 is 11.3 Å². The molecule has 10 heteroatoms. The second kappa shape index (κ2) is 10.1. The predicted octanol–water partition coefficient (Wildman–Crippen LogP) is 5.10. The number of carbonyl (C=O) groups is 2. The van der Waals surface area contributed by atoms with E-state index in [1.807, 2.05) is 83.7 Å². The molecular formula is C29H29N7O2S. The molecule has 0 radical (unpaired) electrons. The summed E-state index contributed by atoms with van der Waals surface area (Å²) in [5, 5.41) is 8.50. The summed E-state index contributed by atoms with van der Waals surface area (Å²) in [5.41, 5.74) is 4.87. The van der Waals surface area contributed by atoms with E-state index in [0.29, 0.717) is 24.3 Å². The molecule has 0 aliphatic carbocycles. The van der Waals surface area contributed by atoms with Gasteiger partial charge in [0, 0.05) is 60.9 Å². The Hall–Kier alpha value is -4.31. The largest absolute Gasteiger partial charge is 0.338 e. The zero-order valence-electron chi connectivity index (χ0n) is 22.1. The van der Waals surface area contributed by atoms with Crippen LogP contribution in [0.3, 0.4) is 0 Å². The summed E-state index contributed by atoms with van der Waals surface area (Å²) in [5.74, 6) is -0.0174. The summed E-state index contributed by atoms with van der Waals surface area (Å²) in [6.07, 6.45) is 6.85. The molecule has 5 aromatic rings. The van der Waals surface area contributed by atoms with Gasteiger partial charge in [-0.3, -0.25) is 19.3 Å². The summed E-state index contributed by atoms with van der Waals surface area (Å²) < 4.78 is 3.74. The third kappa shape index (κ3) is 4.83. The van der Waals surface area contributed by atoms with Crippen LogP contribution in [0.4, 0.5) is 5.69 Å². The average molecular weight is 540 g/mol. The van der Waals surface area contributed by atoms with Crippen molar-refractivity contribution in [2.75, 3.05) is 18.4 Å². The minimum Gasteiger partial charge on any atom is -0.338 e. The maximum absolute atomic E-state index is 13.3. The molecule has 9 nitrogen and oxygen atoms in total. The van der Waals surface area contributed by atoms with Crippen LogP contribution < -0.4 is 5.32 Å². The lowest BCUT2D eigenvalue weighted by molar-refractivity contribution is 0.0716. The van der Waals surface area contributed by atoms with Gasteiger partial charge in [0.05, 0.1) is 28.2 Å². The zero-order valence-corrected chi connectivity index (χ0v) is 22.9. The molecule has 1 aliphatic heterocycles. The highest BCUT2D eigenvalue weighted by molar-refractivity contribution is 7.20. The van der Waals surface area contributed by atoms with Crippen LogP contribution in [0.15, 0.2) is 61.2 Å². The molecule has 1 fully saturated rings. The number of aromatic nitrogens is 5. The van der Waals surface area contributed by atoms with E-state index in [4.69, 9.17) is 4.98 Å². The van der Waals surface area contributed by atoms with Gasteiger partial charge in [-0.1, -0.05) is 0 Å². The van der Waals surface area contributed by atoms with Gasteiger partial charge < -0.3 is 14.8 Å². The lowest BCUT2D eigenvalue weighted by Gasteiger charge is -2.32. The molecule has 1 aliphatic rings. The van der Waals surface area contributed by atoms with Crippen LogP contribution in [-0.4, -0.2) is 54.1 Å². The van der Waals surface area contributed by atoms with Crippen molar-refractivity contribution in [1.82, 2.24) is 29.2 Å². The Morgan fingerprint density at radius 2 is 1.82 bits per heavy atom. The molecule has 0 bridgehead atoms. The second-order valence-corrected chi connectivity index (χ2v) is 11.0. The van der Waals surface area contributed by atoms with Gasteiger partial charge in [-0.2, -0.15) is 5.10 Å². The number of anilines is 1. The van der Waals surface area contributed by atoms with E-state index in [1.165, 1.54) is 11.3 Å². The Balaban J connectivity index is 1.15. The van der Waals surface area contributed by atoms with Gasteiger partial charge in [-0.15, -0.1) is 11.3 Å². The van der Waals surface area contributed by atoms with Crippen molar-refractivity contribution in [3.05, 3.63) is 88.7 Å². The number of carbonyl (C=O) groups excluding carboxylic acids is 2. The highest BCUT2D eigenvalue weighted by atomic mass is 32.1. The monoisotopic (exact) mass is 539 g/mol. The molecule has 1 saturated heterocycles. The third-order valence-corrected chi connectivity index (χ3v) is 8.50. The molecule has 1 N–H and O–H groups in total. The quantitative estimate of drug-likeness (QED) is 0.335. The Morgan fingerprint density at radius 1 is 1.05 bits per heavy atom. The van der Waals surface area contributed by atoms with Crippen LogP contribution in [0.2, 0.25) is 0 Å². The number of pyridine rings is 1. The fourth-order valence-corrected chi connectivity index (χ4v) is 6.32. The van der Waals surface area contributed by atoms with E-state index in [0.717, 1.165) is 50.7 Å². The normalized spacial score (nSPS) is 14.2. The molecule has 4 aromatic heterocycles. The van der Waals surface area contributed by atoms with Crippen molar-refractivity contribution in [1.29, 1.82) is 0 Å². The summed E-state index contributed by atoms with van der Waals surface area (Å²) in [7, 11) is 1.91. The summed E-state index contributed by atoms with van der Waals surface area (Å²) in [6.45, 7) is 5.16. The van der Waals surface area contributed by atoms with Crippen molar-refractivity contribution in [2.24, 2.45) is 7.05 Å². The van der Waals surface area contributed by atoms with Gasteiger partial charge in [-0.25, -0.2) is 4.98 Å². The number of hydrogen-bond donors (Lipinski definition) is 1. The number of benzene rings is 1. The lowest BCUT2D eigenvalue weighted by Crippen LogP contribution is -2.38. The second-order valence-electron chi connectivity index (χ2n) is 9.96. The Morgan fingerprint density at radius 3 is 2.51 bits per heavy atom. The molecule has 1 aromatic carbocycles. The highest BCUT2D eigenvalue weighted by Gasteiger charge is 2.29. The minimum atomic E-state index is -0.180. The van der Waals surface area contributed by atoms with Crippen molar-refractivity contribution >= 4 is 39.1 Å². The topological polar surface area (TPSA) is 97.9 Å². The first-order valence-corrected chi connectivity index (χ1v) is 13.8. The van der Waals surface area contributed by atoms with E-state index >= 15 is 0 Å². The first-order valence-electron chi connectivity index (χ1n) is 13.0. The molecule has 39 heavy (non-hydrogen) atoms. The molecule has 0 spiro atoms. The van der Waals surface area contributed by atoms with Crippen LogP contribution in [0.5, 0.6) is 0 Å². The first kappa shape index (κ1) is 25.0. The standard InChI is InChI=1S/C29H29N7O2S/c1-18-4-9-23(27(37)32-21-5-7-22(8-6-21)36-15-12-30-17-36)26(31-18)20-10-13-35(14-11-20)28(38)25-16-24-19(2)33-34(3)29(24)39-25/h4-9,12,15-17,20H,10-11,13-14H2,1-3H3,(H,32,37). The van der Waals surface area contributed by atoms with Crippen LogP contribution in [0, 0.1) is 13.8 Å². The average Bonchev–Trinajstić information content (AvgIpc) is 3.69. The van der Waals surface area contributed by atoms with Crippen LogP contribution in [0.1, 0.15) is 55.9 Å². The summed E-state index contributed by atoms with van der Waals surface area (Å²) >= 11 is 1.49. The van der Waals surface area contributed by atoms with E-state index in [2.05, 4.69) is 15.4 Å². The Labute approximate surface area is 230 Å². The molecule has 5 heterocycles. The minimum absolute atomic E-state index is 0.0587. The fraction of sp³-hybridized carbons (Fsp3) is 0.276. The molecule has 2 amide bonds. The highest BCUT2D eigenvalue weighted by Crippen LogP contribution is 2.33. The lowest BCUT2D eigenvalue weighted by atomic mass is 9.89. The molecule has 198 valence electrons. The number of hydrogen-bond acceptors (Lipinski definition) is 6. The first-order chi connectivity index (χ1) is 18.9. The van der Waals surface area contributed by atoms with E-state index in [-0.39, 0.29) is 17.7 Å². The fourth-order valence-electron chi connectivity index (χ4n) is 5.23. The number of amides is 2. The number of thiophene rings is 1. The molecule has 0 saturated carbocycles. The number of imidazole rings is 1. The van der Waals surface area contributed by atoms with Gasteiger partial charge >= 0.3 is 0 Å². The van der Waals surface area contributed by atoms with Gasteiger partial charge in [-0.05, 0) is 69.2 Å². The smallest absolute Gasteiger partial charge is 0.264 e. The maximum atomic E-state index is 13.3. The summed E-state index contributed by atoms with van der Waals surface area (Å²) in [4.78, 5) is 39.2. The third-order valence-electron chi connectivity index (χ3n) is 7.31. The maximum Gasteiger partial charge on any atom is 0.264 e. The van der Waals surface area contributed by atoms with Gasteiger partial charge in [0.25, 0.3) is 11.8 Å². The number of piperidine rings is 1. The van der Waals surface area contributed by atoms with Crippen LogP contribution in [-0.2, 0) is 7.05 Å². The SMILES string of the molecule is Cc1ccc(C(=O)Nc2ccc(-n3ccnc3)cc2)c(C2CCN(C(=O)c3cc4c(C)nn(C)c4s3)CC2)n1. The number of nitrogens with zero attached hydrogens (tertiary/aromatic N) is 6. The van der Waals surface area contributed by atoms with Gasteiger partial charge in [0.1, 0.15) is 4.83 Å². The van der Waals surface area contributed by atoms with Crippen molar-refractivity contribution in [2.45, 2.75) is 32.6 Å². The summed E-state index contributed by atoms with van der Waals surface area (Å²) in [6, 6.07) is 13.3. The number of aryl methyl sites for hydroxylation is 3. The van der Waals surface area contributed by atoms with Gasteiger partial charge in [0.2, 0.25) is 0 Å². The van der Waals surface area contributed by atoms with E-state index < -0.39 is 0 Å². The Kier molecular flexibility index (Phi) is 6.48. The number of likely N-dealkylation sites (tertiary alicyclic amines) is 1. The Bertz CT molecular complexity index is 1630. The molecular weight excluding hydrogens is 510 g/mol. The van der Waals surface area contributed by atoms with E-state index in [1.54, 1.807) is 12.5 Å². The van der Waals surface area contributed by atoms with Gasteiger partial charge in [0.15, 0.2) is 0 Å². The molecule has 0 unspecified atom stereocenters. The molecule has 0 atom stereocenters. The number of nitrogens with one attached hydrogen (secondary N) is 1. The van der Waals surface area contributed by atoms with Crippen molar-refractivity contribution in [3.63, 3.8) is 0 Å². The van der Waals surface area contributed by atoms with Crippen LogP contribution in [0.25, 0.3) is 15.9 Å². The molecule has 6 rings (SSSR count). The van der Waals surface area contributed by atoms with Crippen molar-refractivity contribution in [3.8, 4) is 5.69 Å². The number of rotatable bonds is 5. The predicted molar refractivity (Wildman–Crippen MR) is 152 cm³/mol. The number of fused-ring (bicyclic) bond motifs is 1. The van der Waals surface area contributed by atoms with E-state index in [9.17, 15) is 9.59 Å². The zero-order chi connectivity index (χ0) is 27.1. The van der Waals surface area contributed by atoms with Crippen molar-refractivity contribution < 1.29 is 9.59 Å².